The molecule has 1 aromatic rings. The highest BCUT2D eigenvalue weighted by Gasteiger charge is 2.28. The minimum atomic E-state index is -0.941. The predicted molar refractivity (Wildman–Crippen MR) is 39.9 cm³/mol. The number of aromatic nitrogens is 3. The van der Waals surface area contributed by atoms with Gasteiger partial charge in [-0.25, -0.2) is 9.07 Å². The number of nitrogens with zero attached hydrogens (tertiary/aromatic N) is 3. The van der Waals surface area contributed by atoms with Crippen LogP contribution >= 0.6 is 0 Å². The van der Waals surface area contributed by atoms with E-state index in [9.17, 15) is 4.39 Å². The molecule has 1 heterocycles. The molecule has 1 unspecified atom stereocenters. The van der Waals surface area contributed by atoms with Gasteiger partial charge in [-0.2, -0.15) is 0 Å². The van der Waals surface area contributed by atoms with Crippen molar-refractivity contribution in [1.29, 1.82) is 0 Å². The molecule has 0 saturated carbocycles. The second kappa shape index (κ2) is 2.60. The third-order valence-electron chi connectivity index (χ3n) is 1.99. The van der Waals surface area contributed by atoms with Gasteiger partial charge in [0.25, 0.3) is 0 Å². The Morgan fingerprint density at radius 1 is 1.55 bits per heavy atom. The molecular formula is C7H12FN3. The summed E-state index contributed by atoms with van der Waals surface area (Å²) in [6.07, 6.45) is 2.27. The topological polar surface area (TPSA) is 30.7 Å². The largest absolute Gasteiger partial charge is 0.245 e. The van der Waals surface area contributed by atoms with Crippen molar-refractivity contribution in [2.75, 3.05) is 0 Å². The lowest BCUT2D eigenvalue weighted by Gasteiger charge is -2.25. The van der Waals surface area contributed by atoms with E-state index in [-0.39, 0.29) is 0 Å². The van der Waals surface area contributed by atoms with Gasteiger partial charge >= 0.3 is 0 Å². The van der Waals surface area contributed by atoms with Gasteiger partial charge in [-0.1, -0.05) is 5.21 Å². The lowest BCUT2D eigenvalue weighted by atomic mass is 10.0. The summed E-state index contributed by atoms with van der Waals surface area (Å²) in [6, 6.07) is 0. The van der Waals surface area contributed by atoms with E-state index in [4.69, 9.17) is 0 Å². The van der Waals surface area contributed by atoms with Crippen molar-refractivity contribution in [1.82, 2.24) is 15.0 Å². The summed E-state index contributed by atoms with van der Waals surface area (Å²) in [4.78, 5) is 0. The first kappa shape index (κ1) is 8.17. The van der Waals surface area contributed by atoms with Crippen molar-refractivity contribution < 1.29 is 4.39 Å². The first-order valence-electron chi connectivity index (χ1n) is 3.56. The molecule has 0 aliphatic heterocycles. The van der Waals surface area contributed by atoms with Gasteiger partial charge in [-0.3, -0.25) is 0 Å². The van der Waals surface area contributed by atoms with Gasteiger partial charge in [0.05, 0.1) is 11.7 Å². The summed E-state index contributed by atoms with van der Waals surface area (Å²) in [7, 11) is 0. The first-order chi connectivity index (χ1) is 5.05. The highest BCUT2D eigenvalue weighted by atomic mass is 19.1. The first-order valence-corrected chi connectivity index (χ1v) is 3.56. The Morgan fingerprint density at radius 3 is 2.55 bits per heavy atom. The van der Waals surface area contributed by atoms with E-state index in [2.05, 4.69) is 10.3 Å². The Morgan fingerprint density at radius 2 is 2.18 bits per heavy atom. The van der Waals surface area contributed by atoms with Crippen molar-refractivity contribution in [2.45, 2.75) is 32.5 Å². The third kappa shape index (κ3) is 1.39. The molecule has 0 amide bonds. The van der Waals surface area contributed by atoms with Crippen molar-refractivity contribution in [2.24, 2.45) is 0 Å². The number of hydrogen-bond acceptors (Lipinski definition) is 2. The van der Waals surface area contributed by atoms with Gasteiger partial charge in [0.15, 0.2) is 0 Å². The molecule has 4 heteroatoms. The quantitative estimate of drug-likeness (QED) is 0.649. The van der Waals surface area contributed by atoms with E-state index in [0.717, 1.165) is 0 Å². The molecule has 0 aliphatic rings. The van der Waals surface area contributed by atoms with E-state index in [1.807, 2.05) is 0 Å². The monoisotopic (exact) mass is 157 g/mol. The van der Waals surface area contributed by atoms with Crippen molar-refractivity contribution in [3.8, 4) is 0 Å². The predicted octanol–water partition coefficient (Wildman–Crippen LogP) is 1.37. The molecule has 0 radical (unpaired) electrons. The molecular weight excluding hydrogens is 145 g/mol. The van der Waals surface area contributed by atoms with Crippen LogP contribution in [0.5, 0.6) is 0 Å². The van der Waals surface area contributed by atoms with E-state index in [1.54, 1.807) is 26.2 Å². The molecule has 0 bridgehead atoms. The molecule has 0 saturated heterocycles. The third-order valence-corrected chi connectivity index (χ3v) is 1.99. The minimum Gasteiger partial charge on any atom is -0.245 e. The van der Waals surface area contributed by atoms with E-state index >= 15 is 0 Å². The van der Waals surface area contributed by atoms with Crippen LogP contribution < -0.4 is 0 Å². The summed E-state index contributed by atoms with van der Waals surface area (Å²) >= 11 is 0. The zero-order valence-corrected chi connectivity index (χ0v) is 6.95. The summed E-state index contributed by atoms with van der Waals surface area (Å²) in [6.45, 7) is 5.08. The molecule has 11 heavy (non-hydrogen) atoms. The summed E-state index contributed by atoms with van der Waals surface area (Å²) in [5.41, 5.74) is -0.601. The number of halogens is 1. The van der Waals surface area contributed by atoms with Crippen LogP contribution in [-0.4, -0.2) is 21.2 Å². The fourth-order valence-electron chi connectivity index (χ4n) is 0.698. The smallest absolute Gasteiger partial charge is 0.122 e. The van der Waals surface area contributed by atoms with Crippen LogP contribution in [0.3, 0.4) is 0 Å². The van der Waals surface area contributed by atoms with Gasteiger partial charge in [-0.05, 0) is 20.8 Å². The van der Waals surface area contributed by atoms with Crippen molar-refractivity contribution in [3.05, 3.63) is 12.4 Å². The summed E-state index contributed by atoms with van der Waals surface area (Å²) < 4.78 is 14.5. The molecule has 0 spiro atoms. The highest BCUT2D eigenvalue weighted by Crippen LogP contribution is 2.20. The van der Waals surface area contributed by atoms with Crippen LogP contribution in [0, 0.1) is 0 Å². The molecule has 0 aromatic carbocycles. The molecule has 1 aromatic heterocycles. The lowest BCUT2D eigenvalue weighted by Crippen LogP contribution is -2.35. The second-order valence-electron chi connectivity index (χ2n) is 3.12. The van der Waals surface area contributed by atoms with Crippen molar-refractivity contribution in [3.63, 3.8) is 0 Å². The SMILES string of the molecule is CC(F)C(C)(C)n1ccnn1. The maximum absolute atomic E-state index is 13.0. The van der Waals surface area contributed by atoms with Gasteiger partial charge in [-0.15, -0.1) is 5.10 Å². The molecule has 1 rings (SSSR count). The van der Waals surface area contributed by atoms with E-state index < -0.39 is 11.7 Å². The van der Waals surface area contributed by atoms with Gasteiger partial charge < -0.3 is 0 Å². The van der Waals surface area contributed by atoms with Crippen LogP contribution in [0.15, 0.2) is 12.4 Å². The van der Waals surface area contributed by atoms with Crippen LogP contribution in [0.4, 0.5) is 4.39 Å². The van der Waals surface area contributed by atoms with Crippen LogP contribution in [0.25, 0.3) is 0 Å². The van der Waals surface area contributed by atoms with Crippen molar-refractivity contribution >= 4 is 0 Å². The Hall–Kier alpha value is -0.930. The Bertz CT molecular complexity index is 216. The Labute approximate surface area is 65.2 Å². The zero-order chi connectivity index (χ0) is 8.48. The maximum Gasteiger partial charge on any atom is 0.122 e. The van der Waals surface area contributed by atoms with Gasteiger partial charge in [0, 0.05) is 6.20 Å². The van der Waals surface area contributed by atoms with Crippen LogP contribution in [-0.2, 0) is 5.54 Å². The fraction of sp³-hybridized carbons (Fsp3) is 0.714. The van der Waals surface area contributed by atoms with E-state index in [1.165, 1.54) is 11.6 Å². The van der Waals surface area contributed by atoms with Gasteiger partial charge in [0.2, 0.25) is 0 Å². The second-order valence-corrected chi connectivity index (χ2v) is 3.12. The van der Waals surface area contributed by atoms with E-state index in [0.29, 0.717) is 0 Å². The molecule has 1 atom stereocenters. The average molecular weight is 157 g/mol. The zero-order valence-electron chi connectivity index (χ0n) is 6.95. The van der Waals surface area contributed by atoms with Crippen LogP contribution in [0.1, 0.15) is 20.8 Å². The summed E-state index contributed by atoms with van der Waals surface area (Å²) in [5.74, 6) is 0. The number of rotatable bonds is 2. The molecule has 62 valence electrons. The molecule has 0 fully saturated rings. The highest BCUT2D eigenvalue weighted by molar-refractivity contribution is 4.83. The standard InChI is InChI=1S/C7H12FN3/c1-6(8)7(2,3)11-5-4-9-10-11/h4-6H,1-3H3. The maximum atomic E-state index is 13.0. The molecule has 3 nitrogen and oxygen atoms in total. The molecule has 0 N–H and O–H groups in total. The minimum absolute atomic E-state index is 0.601. The average Bonchev–Trinajstić information content (AvgIpc) is 2.37. The lowest BCUT2D eigenvalue weighted by molar-refractivity contribution is 0.149. The number of hydrogen-bond donors (Lipinski definition) is 0. The molecule has 0 aliphatic carbocycles. The Kier molecular flexibility index (Phi) is 1.93. The normalized spacial score (nSPS) is 14.9. The van der Waals surface area contributed by atoms with Gasteiger partial charge in [0.1, 0.15) is 6.17 Å². The summed E-state index contributed by atoms with van der Waals surface area (Å²) in [5, 5.41) is 7.35. The van der Waals surface area contributed by atoms with Crippen LogP contribution in [0.2, 0.25) is 0 Å². The number of alkyl halides is 1. The Balaban J connectivity index is 2.90. The fourth-order valence-corrected chi connectivity index (χ4v) is 0.698.